The second kappa shape index (κ2) is 9.12. The van der Waals surface area contributed by atoms with Gasteiger partial charge in [-0.3, -0.25) is 0 Å². The number of rotatable bonds is 8. The van der Waals surface area contributed by atoms with E-state index in [4.69, 9.17) is 4.74 Å². The average molecular weight is 319 g/mol. The average Bonchev–Trinajstić information content (AvgIpc) is 2.42. The Labute approximate surface area is 127 Å². The minimum absolute atomic E-state index is 0.0935. The van der Waals surface area contributed by atoms with Crippen molar-refractivity contribution in [2.45, 2.75) is 23.7 Å². The first kappa shape index (κ1) is 18.1. The molecule has 0 fully saturated rings. The lowest BCUT2D eigenvalue weighted by atomic mass is 10.1. The minimum Gasteiger partial charge on any atom is -0.383 e. The summed E-state index contributed by atoms with van der Waals surface area (Å²) in [5.41, 5.74) is -2.13. The van der Waals surface area contributed by atoms with E-state index in [0.717, 1.165) is 25.1 Å². The van der Waals surface area contributed by atoms with E-state index >= 15 is 0 Å². The summed E-state index contributed by atoms with van der Waals surface area (Å²) in [7, 11) is 1.65. The van der Waals surface area contributed by atoms with Crippen LogP contribution in [-0.2, 0) is 4.74 Å². The number of methoxy groups -OCH3 is 1. The van der Waals surface area contributed by atoms with Crippen LogP contribution >= 0.6 is 11.8 Å². The standard InChI is InChI=1S/C15H20F3NOS/c1-3-12(11-19-8-9-20-2)10-13-4-6-14(7-5-13)21-15(16,17)18/h4-7,10,19H,3,8-9,11H2,1-2H3. The van der Waals surface area contributed by atoms with Crippen molar-refractivity contribution >= 4 is 17.8 Å². The number of benzene rings is 1. The fourth-order valence-electron chi connectivity index (χ4n) is 1.70. The lowest BCUT2D eigenvalue weighted by Gasteiger charge is -2.08. The Hall–Kier alpha value is -0.980. The summed E-state index contributed by atoms with van der Waals surface area (Å²) < 4.78 is 41.7. The van der Waals surface area contributed by atoms with Crippen LogP contribution in [0.15, 0.2) is 34.7 Å². The number of hydrogen-bond acceptors (Lipinski definition) is 3. The van der Waals surface area contributed by atoms with Gasteiger partial charge in [-0.1, -0.05) is 30.7 Å². The highest BCUT2D eigenvalue weighted by Gasteiger charge is 2.28. The zero-order valence-corrected chi connectivity index (χ0v) is 13.0. The first-order valence-corrected chi connectivity index (χ1v) is 7.51. The van der Waals surface area contributed by atoms with E-state index in [1.807, 2.05) is 6.08 Å². The molecule has 0 aliphatic heterocycles. The third-order valence-electron chi connectivity index (χ3n) is 2.77. The van der Waals surface area contributed by atoms with Crippen LogP contribution in [0.5, 0.6) is 0 Å². The van der Waals surface area contributed by atoms with Gasteiger partial charge in [0.2, 0.25) is 0 Å². The summed E-state index contributed by atoms with van der Waals surface area (Å²) in [6.07, 6.45) is 2.89. The van der Waals surface area contributed by atoms with Crippen LogP contribution in [0, 0.1) is 0 Å². The molecule has 0 aliphatic rings. The molecule has 0 saturated heterocycles. The molecule has 1 aromatic rings. The molecule has 0 aromatic heterocycles. The van der Waals surface area contributed by atoms with Gasteiger partial charge in [0, 0.05) is 25.1 Å². The molecule has 21 heavy (non-hydrogen) atoms. The number of halogens is 3. The van der Waals surface area contributed by atoms with Crippen LogP contribution in [-0.4, -0.2) is 32.3 Å². The molecular weight excluding hydrogens is 299 g/mol. The van der Waals surface area contributed by atoms with E-state index in [1.54, 1.807) is 19.2 Å². The van der Waals surface area contributed by atoms with Crippen LogP contribution in [0.1, 0.15) is 18.9 Å². The van der Waals surface area contributed by atoms with Crippen LogP contribution in [0.3, 0.4) is 0 Å². The molecule has 2 nitrogen and oxygen atoms in total. The molecule has 1 aromatic carbocycles. The smallest absolute Gasteiger partial charge is 0.383 e. The zero-order chi connectivity index (χ0) is 15.7. The number of ether oxygens (including phenoxy) is 1. The fraction of sp³-hybridized carbons (Fsp3) is 0.467. The summed E-state index contributed by atoms with van der Waals surface area (Å²) in [6.45, 7) is 4.23. The topological polar surface area (TPSA) is 21.3 Å². The Balaban J connectivity index is 2.60. The van der Waals surface area contributed by atoms with E-state index in [2.05, 4.69) is 12.2 Å². The summed E-state index contributed by atoms with van der Waals surface area (Å²) in [6, 6.07) is 6.41. The maximum atomic E-state index is 12.2. The second-order valence-electron chi connectivity index (χ2n) is 4.44. The van der Waals surface area contributed by atoms with Crippen molar-refractivity contribution < 1.29 is 17.9 Å². The van der Waals surface area contributed by atoms with Gasteiger partial charge in [0.15, 0.2) is 0 Å². The summed E-state index contributed by atoms with van der Waals surface area (Å²) in [5, 5.41) is 3.25. The summed E-state index contributed by atoms with van der Waals surface area (Å²) >= 11 is -0.0935. The van der Waals surface area contributed by atoms with Crippen LogP contribution in [0.25, 0.3) is 6.08 Å². The highest BCUT2D eigenvalue weighted by Crippen LogP contribution is 2.36. The molecule has 0 unspecified atom stereocenters. The molecule has 0 aliphatic carbocycles. The van der Waals surface area contributed by atoms with Crippen molar-refractivity contribution in [2.75, 3.05) is 26.8 Å². The molecule has 1 N–H and O–H groups in total. The summed E-state index contributed by atoms with van der Waals surface area (Å²) in [5.74, 6) is 0. The summed E-state index contributed by atoms with van der Waals surface area (Å²) in [4.78, 5) is 0.205. The molecule has 0 radical (unpaired) electrons. The van der Waals surface area contributed by atoms with Crippen molar-refractivity contribution in [3.63, 3.8) is 0 Å². The van der Waals surface area contributed by atoms with Gasteiger partial charge in [-0.15, -0.1) is 0 Å². The zero-order valence-electron chi connectivity index (χ0n) is 12.2. The van der Waals surface area contributed by atoms with Gasteiger partial charge in [-0.05, 0) is 35.9 Å². The molecule has 0 atom stereocenters. The predicted octanol–water partition coefficient (Wildman–Crippen LogP) is 4.33. The molecule has 0 bridgehead atoms. The Morgan fingerprint density at radius 1 is 1.29 bits per heavy atom. The quantitative estimate of drug-likeness (QED) is 0.569. The van der Waals surface area contributed by atoms with Crippen LogP contribution in [0.2, 0.25) is 0 Å². The molecule has 0 saturated carbocycles. The van der Waals surface area contributed by atoms with Gasteiger partial charge < -0.3 is 10.1 Å². The molecule has 6 heteroatoms. The number of alkyl halides is 3. The number of hydrogen-bond donors (Lipinski definition) is 1. The molecule has 118 valence electrons. The SMILES string of the molecule is CCC(=Cc1ccc(SC(F)(F)F)cc1)CNCCOC. The predicted molar refractivity (Wildman–Crippen MR) is 81.4 cm³/mol. The second-order valence-corrected chi connectivity index (χ2v) is 5.58. The van der Waals surface area contributed by atoms with Gasteiger partial charge in [-0.25, -0.2) is 0 Å². The Kier molecular flexibility index (Phi) is 7.85. The number of nitrogens with one attached hydrogen (secondary N) is 1. The maximum absolute atomic E-state index is 12.2. The molecule has 0 amide bonds. The largest absolute Gasteiger partial charge is 0.446 e. The lowest BCUT2D eigenvalue weighted by molar-refractivity contribution is -0.0328. The third-order valence-corrected chi connectivity index (χ3v) is 3.51. The lowest BCUT2D eigenvalue weighted by Crippen LogP contribution is -2.21. The minimum atomic E-state index is -4.24. The van der Waals surface area contributed by atoms with Gasteiger partial charge in [0.25, 0.3) is 0 Å². The van der Waals surface area contributed by atoms with Gasteiger partial charge in [0.1, 0.15) is 0 Å². The fourth-order valence-corrected chi connectivity index (χ4v) is 2.24. The van der Waals surface area contributed by atoms with Crippen molar-refractivity contribution in [1.82, 2.24) is 5.32 Å². The van der Waals surface area contributed by atoms with E-state index in [1.165, 1.54) is 17.7 Å². The Morgan fingerprint density at radius 2 is 1.95 bits per heavy atom. The van der Waals surface area contributed by atoms with Crippen molar-refractivity contribution in [3.8, 4) is 0 Å². The number of thioether (sulfide) groups is 1. The van der Waals surface area contributed by atoms with E-state index in [-0.39, 0.29) is 16.7 Å². The van der Waals surface area contributed by atoms with Gasteiger partial charge in [0.05, 0.1) is 6.61 Å². The maximum Gasteiger partial charge on any atom is 0.446 e. The normalized spacial score (nSPS) is 12.7. The van der Waals surface area contributed by atoms with Crippen LogP contribution < -0.4 is 5.32 Å². The van der Waals surface area contributed by atoms with Gasteiger partial charge >= 0.3 is 5.51 Å². The molecular formula is C15H20F3NOS. The van der Waals surface area contributed by atoms with Crippen LogP contribution in [0.4, 0.5) is 13.2 Å². The van der Waals surface area contributed by atoms with E-state index in [0.29, 0.717) is 6.61 Å². The van der Waals surface area contributed by atoms with E-state index < -0.39 is 5.51 Å². The third kappa shape index (κ3) is 8.14. The van der Waals surface area contributed by atoms with Crippen molar-refractivity contribution in [3.05, 3.63) is 35.4 Å². The Bertz CT molecular complexity index is 443. The first-order chi connectivity index (χ1) is 9.94. The van der Waals surface area contributed by atoms with Crippen molar-refractivity contribution in [1.29, 1.82) is 0 Å². The van der Waals surface area contributed by atoms with Gasteiger partial charge in [-0.2, -0.15) is 13.2 Å². The van der Waals surface area contributed by atoms with Crippen molar-refractivity contribution in [2.24, 2.45) is 0 Å². The molecule has 0 spiro atoms. The highest BCUT2D eigenvalue weighted by atomic mass is 32.2. The van der Waals surface area contributed by atoms with E-state index in [9.17, 15) is 13.2 Å². The monoisotopic (exact) mass is 319 g/mol. The Morgan fingerprint density at radius 3 is 2.48 bits per heavy atom. The molecule has 1 rings (SSSR count). The molecule has 0 heterocycles. The highest BCUT2D eigenvalue weighted by molar-refractivity contribution is 8.00. The first-order valence-electron chi connectivity index (χ1n) is 6.69.